The fourth-order valence-electron chi connectivity index (χ4n) is 1.50. The number of rotatable bonds is 5. The quantitative estimate of drug-likeness (QED) is 0.866. The van der Waals surface area contributed by atoms with E-state index in [2.05, 4.69) is 9.97 Å². The van der Waals surface area contributed by atoms with Crippen molar-refractivity contribution in [1.82, 2.24) is 14.9 Å². The van der Waals surface area contributed by atoms with Gasteiger partial charge in [0.1, 0.15) is 11.3 Å². The maximum atomic E-state index is 11.8. The van der Waals surface area contributed by atoms with Gasteiger partial charge in [-0.25, -0.2) is 14.8 Å². The summed E-state index contributed by atoms with van der Waals surface area (Å²) in [5.41, 5.74) is 4.81. The number of hydrogen-bond acceptors (Lipinski definition) is 6. The van der Waals surface area contributed by atoms with Crippen molar-refractivity contribution in [3.8, 4) is 0 Å². The number of amides is 2. The predicted molar refractivity (Wildman–Crippen MR) is 82.7 cm³/mol. The summed E-state index contributed by atoms with van der Waals surface area (Å²) < 4.78 is 5.26. The van der Waals surface area contributed by atoms with Crippen LogP contribution in [0.5, 0.6) is 0 Å². The van der Waals surface area contributed by atoms with Gasteiger partial charge in [0.25, 0.3) is 5.91 Å². The van der Waals surface area contributed by atoms with E-state index in [-0.39, 0.29) is 5.69 Å². The minimum atomic E-state index is -0.608. The first kappa shape index (κ1) is 17.7. The fourth-order valence-corrected chi connectivity index (χ4v) is 1.50. The molecule has 0 atom stereocenters. The fraction of sp³-hybridized carbons (Fsp3) is 0.571. The van der Waals surface area contributed by atoms with Crippen LogP contribution >= 0.6 is 0 Å². The molecule has 122 valence electrons. The van der Waals surface area contributed by atoms with Crippen molar-refractivity contribution < 1.29 is 14.3 Å². The van der Waals surface area contributed by atoms with Crippen LogP contribution in [0.25, 0.3) is 0 Å². The van der Waals surface area contributed by atoms with E-state index in [0.29, 0.717) is 19.0 Å². The Balaban J connectivity index is 2.59. The molecule has 0 saturated carbocycles. The van der Waals surface area contributed by atoms with Crippen LogP contribution in [0, 0.1) is 0 Å². The number of carbonyl (C=O) groups is 2. The molecule has 1 aromatic rings. The summed E-state index contributed by atoms with van der Waals surface area (Å²) in [6.45, 7) is 6.35. The lowest BCUT2D eigenvalue weighted by Crippen LogP contribution is -2.38. The van der Waals surface area contributed by atoms with E-state index in [1.54, 1.807) is 19.0 Å². The second kappa shape index (κ2) is 7.06. The zero-order valence-corrected chi connectivity index (χ0v) is 13.7. The van der Waals surface area contributed by atoms with Crippen molar-refractivity contribution in [2.45, 2.75) is 26.4 Å². The molecule has 8 nitrogen and oxygen atoms in total. The summed E-state index contributed by atoms with van der Waals surface area (Å²) >= 11 is 0. The van der Waals surface area contributed by atoms with E-state index in [9.17, 15) is 9.59 Å². The molecule has 0 bridgehead atoms. The third-order valence-corrected chi connectivity index (χ3v) is 2.71. The Hall–Kier alpha value is -2.38. The smallest absolute Gasteiger partial charge is 0.410 e. The number of ether oxygens (including phenoxy) is 1. The second-order valence-electron chi connectivity index (χ2n) is 5.93. The largest absolute Gasteiger partial charge is 0.444 e. The number of anilines is 1. The van der Waals surface area contributed by atoms with Crippen LogP contribution in [-0.4, -0.2) is 59.7 Å². The SMILES string of the molecule is CN(CCN(C)c1nccc(C(N)=O)n1)C(=O)OC(C)(C)C. The summed E-state index contributed by atoms with van der Waals surface area (Å²) in [5, 5.41) is 0. The van der Waals surface area contributed by atoms with E-state index in [1.807, 2.05) is 20.8 Å². The molecule has 0 aliphatic carbocycles. The van der Waals surface area contributed by atoms with Gasteiger partial charge in [0.15, 0.2) is 0 Å². The first-order valence-corrected chi connectivity index (χ1v) is 6.88. The van der Waals surface area contributed by atoms with Gasteiger partial charge in [-0.3, -0.25) is 4.79 Å². The highest BCUT2D eigenvalue weighted by Gasteiger charge is 2.19. The van der Waals surface area contributed by atoms with Crippen molar-refractivity contribution in [2.24, 2.45) is 5.73 Å². The summed E-state index contributed by atoms with van der Waals surface area (Å²) in [5.74, 6) is -0.239. The van der Waals surface area contributed by atoms with Gasteiger partial charge in [-0.15, -0.1) is 0 Å². The number of likely N-dealkylation sites (N-methyl/N-ethyl adjacent to an activating group) is 2. The third-order valence-electron chi connectivity index (χ3n) is 2.71. The Morgan fingerprint density at radius 1 is 1.27 bits per heavy atom. The molecule has 1 heterocycles. The molecule has 0 aliphatic rings. The highest BCUT2D eigenvalue weighted by atomic mass is 16.6. The standard InChI is InChI=1S/C14H23N5O3/c1-14(2,3)22-13(21)19(5)9-8-18(4)12-16-7-6-10(17-12)11(15)20/h6-7H,8-9H2,1-5H3,(H2,15,20). The molecule has 8 heteroatoms. The average molecular weight is 309 g/mol. The Bertz CT molecular complexity index is 542. The molecule has 0 fully saturated rings. The topological polar surface area (TPSA) is 102 Å². The maximum absolute atomic E-state index is 11.8. The van der Waals surface area contributed by atoms with Gasteiger partial charge < -0.3 is 20.3 Å². The van der Waals surface area contributed by atoms with Crippen molar-refractivity contribution in [1.29, 1.82) is 0 Å². The van der Waals surface area contributed by atoms with Crippen LogP contribution in [0.15, 0.2) is 12.3 Å². The molecule has 0 radical (unpaired) electrons. The van der Waals surface area contributed by atoms with Crippen LogP contribution in [0.4, 0.5) is 10.7 Å². The van der Waals surface area contributed by atoms with E-state index >= 15 is 0 Å². The summed E-state index contributed by atoms with van der Waals surface area (Å²) in [6.07, 6.45) is 1.07. The van der Waals surface area contributed by atoms with E-state index in [0.717, 1.165) is 0 Å². The number of nitrogens with two attached hydrogens (primary N) is 1. The van der Waals surface area contributed by atoms with Crippen LogP contribution in [0.2, 0.25) is 0 Å². The van der Waals surface area contributed by atoms with Gasteiger partial charge in [-0.1, -0.05) is 0 Å². The molecule has 0 saturated heterocycles. The van der Waals surface area contributed by atoms with Crippen molar-refractivity contribution in [3.63, 3.8) is 0 Å². The second-order valence-corrected chi connectivity index (χ2v) is 5.93. The first-order valence-electron chi connectivity index (χ1n) is 6.88. The highest BCUT2D eigenvalue weighted by Crippen LogP contribution is 2.09. The maximum Gasteiger partial charge on any atom is 0.410 e. The zero-order chi connectivity index (χ0) is 16.9. The van der Waals surface area contributed by atoms with Crippen molar-refractivity contribution >= 4 is 17.9 Å². The van der Waals surface area contributed by atoms with Crippen LogP contribution in [0.3, 0.4) is 0 Å². The highest BCUT2D eigenvalue weighted by molar-refractivity contribution is 5.90. The van der Waals surface area contributed by atoms with Crippen LogP contribution < -0.4 is 10.6 Å². The summed E-state index contributed by atoms with van der Waals surface area (Å²) in [7, 11) is 3.42. The number of primary amides is 1. The molecule has 22 heavy (non-hydrogen) atoms. The molecule has 0 aromatic carbocycles. The molecule has 0 aliphatic heterocycles. The predicted octanol–water partition coefficient (Wildman–Crippen LogP) is 0.879. The number of aromatic nitrogens is 2. The molecular formula is C14H23N5O3. The number of nitrogens with zero attached hydrogens (tertiary/aromatic N) is 4. The lowest BCUT2D eigenvalue weighted by Gasteiger charge is -2.26. The Labute approximate surface area is 130 Å². The zero-order valence-electron chi connectivity index (χ0n) is 13.7. The van der Waals surface area contributed by atoms with E-state index in [4.69, 9.17) is 10.5 Å². The Morgan fingerprint density at radius 2 is 1.91 bits per heavy atom. The van der Waals surface area contributed by atoms with Gasteiger partial charge in [0.2, 0.25) is 5.95 Å². The molecule has 2 amide bonds. The first-order chi connectivity index (χ1) is 10.1. The molecular weight excluding hydrogens is 286 g/mol. The van der Waals surface area contributed by atoms with Gasteiger partial charge in [-0.2, -0.15) is 0 Å². The van der Waals surface area contributed by atoms with Crippen molar-refractivity contribution in [2.75, 3.05) is 32.1 Å². The molecule has 1 aromatic heterocycles. The van der Waals surface area contributed by atoms with E-state index < -0.39 is 17.6 Å². The third kappa shape index (κ3) is 5.55. The Morgan fingerprint density at radius 3 is 2.45 bits per heavy atom. The van der Waals surface area contributed by atoms with Gasteiger partial charge in [0.05, 0.1) is 0 Å². The molecule has 0 unspecified atom stereocenters. The number of hydrogen-bond donors (Lipinski definition) is 1. The number of carbonyl (C=O) groups excluding carboxylic acids is 2. The van der Waals surface area contributed by atoms with Gasteiger partial charge >= 0.3 is 6.09 Å². The normalized spacial score (nSPS) is 11.0. The van der Waals surface area contributed by atoms with Crippen LogP contribution in [-0.2, 0) is 4.74 Å². The lowest BCUT2D eigenvalue weighted by molar-refractivity contribution is 0.0303. The Kier molecular flexibility index (Phi) is 5.67. The van der Waals surface area contributed by atoms with Crippen molar-refractivity contribution in [3.05, 3.63) is 18.0 Å². The molecule has 0 spiro atoms. The monoisotopic (exact) mass is 309 g/mol. The molecule has 2 N–H and O–H groups in total. The van der Waals surface area contributed by atoms with Crippen LogP contribution in [0.1, 0.15) is 31.3 Å². The summed E-state index contributed by atoms with van der Waals surface area (Å²) in [6, 6.07) is 1.45. The minimum Gasteiger partial charge on any atom is -0.444 e. The van der Waals surface area contributed by atoms with E-state index in [1.165, 1.54) is 17.2 Å². The molecule has 1 rings (SSSR count). The average Bonchev–Trinajstić information content (AvgIpc) is 2.42. The lowest BCUT2D eigenvalue weighted by atomic mass is 10.2. The van der Waals surface area contributed by atoms with Gasteiger partial charge in [0, 0.05) is 33.4 Å². The van der Waals surface area contributed by atoms with Gasteiger partial charge in [-0.05, 0) is 26.8 Å². The summed E-state index contributed by atoms with van der Waals surface area (Å²) in [4.78, 5) is 34.3. The minimum absolute atomic E-state index is 0.150.